The molecule has 0 aromatic heterocycles. The summed E-state index contributed by atoms with van der Waals surface area (Å²) < 4.78 is 68.5. The number of aliphatic hydroxyl groups is 1. The van der Waals surface area contributed by atoms with Gasteiger partial charge in [0.1, 0.15) is 19.3 Å². The molecule has 0 aromatic carbocycles. The van der Waals surface area contributed by atoms with Crippen LogP contribution in [0.2, 0.25) is 0 Å². The Bertz CT molecular complexity index is 2490. The van der Waals surface area contributed by atoms with Crippen LogP contribution in [-0.2, 0) is 65.4 Å². The van der Waals surface area contributed by atoms with Crippen molar-refractivity contribution in [1.82, 2.24) is 0 Å². The van der Waals surface area contributed by atoms with Gasteiger partial charge in [0.2, 0.25) is 0 Å². The summed E-state index contributed by atoms with van der Waals surface area (Å²) in [7, 11) is -9.99. The van der Waals surface area contributed by atoms with Gasteiger partial charge in [-0.15, -0.1) is 0 Å². The SMILES string of the molecule is CC/C=C\C/C=C\C/C=C\C/C=C\C/C=C\C/C=C\CCC(=O)O[C@H](COC(=O)CCCCCCCCCCCCCCC)COP(=O)(O)OC[C@H](O)COP(=O)(O)OC[C@@H](COC(=O)CCCCC/C=C\C/C=C\C/C=C\C/C=C\C/C=C\CC)OC(=O)CCCCCCCCCCCCCCC. The molecule has 0 aromatic rings. The van der Waals surface area contributed by atoms with Crippen LogP contribution in [-0.4, -0.2) is 96.7 Å². The van der Waals surface area contributed by atoms with Crippen LogP contribution in [0, 0.1) is 0 Å². The van der Waals surface area contributed by atoms with E-state index in [9.17, 15) is 43.2 Å². The first-order chi connectivity index (χ1) is 50.7. The fourth-order valence-corrected chi connectivity index (χ4v) is 12.1. The van der Waals surface area contributed by atoms with Crippen molar-refractivity contribution in [2.24, 2.45) is 0 Å². The van der Waals surface area contributed by atoms with Gasteiger partial charge in [-0.05, 0) is 109 Å². The van der Waals surface area contributed by atoms with Crippen molar-refractivity contribution >= 4 is 39.5 Å². The second-order valence-electron chi connectivity index (χ2n) is 26.6. The number of hydrogen-bond acceptors (Lipinski definition) is 15. The predicted octanol–water partition coefficient (Wildman–Crippen LogP) is 23.7. The van der Waals surface area contributed by atoms with E-state index in [2.05, 4.69) is 143 Å². The number of aliphatic hydroxyl groups excluding tert-OH is 1. The summed E-state index contributed by atoms with van der Waals surface area (Å²) in [6.45, 7) is 4.55. The monoisotopic (exact) mass is 1500 g/mol. The molecule has 0 aliphatic rings. The maximum atomic E-state index is 13.1. The van der Waals surface area contributed by atoms with Crippen LogP contribution >= 0.6 is 15.6 Å². The van der Waals surface area contributed by atoms with E-state index >= 15 is 0 Å². The number of carbonyl (C=O) groups excluding carboxylic acids is 4. The molecule has 104 heavy (non-hydrogen) atoms. The Labute approximate surface area is 631 Å². The van der Waals surface area contributed by atoms with Crippen LogP contribution in [0.5, 0.6) is 0 Å². The minimum atomic E-state index is -5.00. The summed E-state index contributed by atoms with van der Waals surface area (Å²) in [6.07, 6.45) is 85.9. The minimum Gasteiger partial charge on any atom is -0.462 e. The molecule has 5 atom stereocenters. The van der Waals surface area contributed by atoms with Gasteiger partial charge in [-0.1, -0.05) is 322 Å². The molecule has 0 saturated heterocycles. The van der Waals surface area contributed by atoms with Crippen molar-refractivity contribution in [3.8, 4) is 0 Å². The number of ether oxygens (including phenoxy) is 4. The molecule has 0 saturated carbocycles. The van der Waals surface area contributed by atoms with Crippen molar-refractivity contribution in [2.75, 3.05) is 39.6 Å². The Morgan fingerprint density at radius 1 is 0.279 bits per heavy atom. The second-order valence-corrected chi connectivity index (χ2v) is 29.5. The molecule has 0 spiro atoms. The lowest BCUT2D eigenvalue weighted by Gasteiger charge is -2.21. The van der Waals surface area contributed by atoms with Crippen molar-refractivity contribution in [1.29, 1.82) is 0 Å². The summed E-state index contributed by atoms with van der Waals surface area (Å²) >= 11 is 0. The lowest BCUT2D eigenvalue weighted by molar-refractivity contribution is -0.161. The van der Waals surface area contributed by atoms with Crippen LogP contribution in [0.1, 0.15) is 323 Å². The summed E-state index contributed by atoms with van der Waals surface area (Å²) in [5.41, 5.74) is 0. The Morgan fingerprint density at radius 2 is 0.519 bits per heavy atom. The summed E-state index contributed by atoms with van der Waals surface area (Å²) in [6, 6.07) is 0. The van der Waals surface area contributed by atoms with E-state index in [1.165, 1.54) is 103 Å². The van der Waals surface area contributed by atoms with Gasteiger partial charge < -0.3 is 33.8 Å². The van der Waals surface area contributed by atoms with Crippen LogP contribution in [0.4, 0.5) is 0 Å². The number of allylic oxidation sites excluding steroid dienone is 22. The van der Waals surface area contributed by atoms with Gasteiger partial charge >= 0.3 is 39.5 Å². The van der Waals surface area contributed by atoms with E-state index in [1.54, 1.807) is 0 Å². The van der Waals surface area contributed by atoms with Gasteiger partial charge in [-0.3, -0.25) is 37.3 Å². The maximum Gasteiger partial charge on any atom is 0.472 e. The number of phosphoric ester groups is 2. The predicted molar refractivity (Wildman–Crippen MR) is 427 cm³/mol. The highest BCUT2D eigenvalue weighted by Gasteiger charge is 2.30. The molecule has 0 bridgehead atoms. The molecule has 0 amide bonds. The van der Waals surface area contributed by atoms with Crippen molar-refractivity contribution in [3.05, 3.63) is 134 Å². The Kier molecular flexibility index (Phi) is 72.9. The zero-order chi connectivity index (χ0) is 76.0. The van der Waals surface area contributed by atoms with Gasteiger partial charge in [0.05, 0.1) is 26.4 Å². The third kappa shape index (κ3) is 75.4. The number of rotatable bonds is 75. The first kappa shape index (κ1) is 99.2. The first-order valence-corrected chi connectivity index (χ1v) is 43.4. The molecule has 3 N–H and O–H groups in total. The summed E-state index contributed by atoms with van der Waals surface area (Å²) in [5, 5.41) is 10.6. The summed E-state index contributed by atoms with van der Waals surface area (Å²) in [5.74, 6) is -2.30. The highest BCUT2D eigenvalue weighted by molar-refractivity contribution is 7.47. The number of hydrogen-bond donors (Lipinski definition) is 3. The molecule has 0 aliphatic heterocycles. The minimum absolute atomic E-state index is 0.0312. The topological polar surface area (TPSA) is 237 Å². The number of unbranched alkanes of at least 4 members (excludes halogenated alkanes) is 27. The fraction of sp³-hybridized carbons (Fsp3) is 0.694. The van der Waals surface area contributed by atoms with Crippen LogP contribution in [0.3, 0.4) is 0 Å². The largest absolute Gasteiger partial charge is 0.472 e. The Morgan fingerprint density at radius 3 is 0.827 bits per heavy atom. The second kappa shape index (κ2) is 76.4. The lowest BCUT2D eigenvalue weighted by atomic mass is 10.0. The molecule has 596 valence electrons. The summed E-state index contributed by atoms with van der Waals surface area (Å²) in [4.78, 5) is 73.0. The molecule has 17 nitrogen and oxygen atoms in total. The van der Waals surface area contributed by atoms with Gasteiger partial charge in [-0.25, -0.2) is 9.13 Å². The van der Waals surface area contributed by atoms with E-state index in [0.29, 0.717) is 32.1 Å². The number of phosphoric acid groups is 2. The van der Waals surface area contributed by atoms with Gasteiger partial charge in [-0.2, -0.15) is 0 Å². The van der Waals surface area contributed by atoms with Gasteiger partial charge in [0, 0.05) is 25.7 Å². The van der Waals surface area contributed by atoms with Crippen LogP contribution in [0.15, 0.2) is 134 Å². The fourth-order valence-electron chi connectivity index (χ4n) is 10.6. The highest BCUT2D eigenvalue weighted by atomic mass is 31.2. The van der Waals surface area contributed by atoms with Crippen LogP contribution in [0.25, 0.3) is 0 Å². The van der Waals surface area contributed by atoms with Crippen molar-refractivity contribution < 1.29 is 80.2 Å². The molecule has 0 aliphatic carbocycles. The zero-order valence-corrected chi connectivity index (χ0v) is 66.9. The molecule has 0 radical (unpaired) electrons. The molecule has 19 heteroatoms. The average molecular weight is 1500 g/mol. The third-order valence-electron chi connectivity index (χ3n) is 16.7. The van der Waals surface area contributed by atoms with Gasteiger partial charge in [0.25, 0.3) is 0 Å². The quantitative estimate of drug-likeness (QED) is 0.0169. The third-order valence-corrected chi connectivity index (χ3v) is 18.6. The Balaban J connectivity index is 5.43. The standard InChI is InChI=1S/C85H144O17P2/c1-5-9-13-17-21-25-29-33-35-37-39-41-43-47-50-54-58-62-66-70-83(88)96-76-80(101-84(89)71-67-63-59-55-51-46-32-28-24-20-16-12-8-4)77-99-103(91,92)97-73-79(86)74-98-104(93,94)100-78-81(75-95-82(87)69-65-61-57-53-49-45-31-27-23-19-15-11-7-3)102-85(90)72-68-64-60-56-52-48-44-42-40-38-36-34-30-26-22-18-14-10-6-2/h9-10,13-14,21-22,25-26,33-36,39-42,47-48,50,52,60,64,79-81,86H,5-8,11-12,15-20,23-24,27-32,37-38,43-46,49,51,53-59,61-63,65-78H2,1-4H3,(H,91,92)(H,93,94)/b13-9-,14-10-,25-21-,26-22-,35-33-,36-34-,41-39-,42-40-,50-47-,52-48-,64-60-/t79-,80-,81-/m1/s1. The van der Waals surface area contributed by atoms with Crippen LogP contribution < -0.4 is 0 Å². The molecule has 0 fully saturated rings. The molecule has 2 unspecified atom stereocenters. The van der Waals surface area contributed by atoms with E-state index in [-0.39, 0.29) is 25.7 Å². The van der Waals surface area contributed by atoms with E-state index in [1.807, 2.05) is 18.2 Å². The number of esters is 4. The normalized spacial score (nSPS) is 14.6. The number of carbonyl (C=O) groups is 4. The molecular formula is C85H144O17P2. The van der Waals surface area contributed by atoms with E-state index < -0.39 is 97.5 Å². The molecule has 0 heterocycles. The van der Waals surface area contributed by atoms with Crippen molar-refractivity contribution in [2.45, 2.75) is 341 Å². The van der Waals surface area contributed by atoms with E-state index in [0.717, 1.165) is 135 Å². The first-order valence-electron chi connectivity index (χ1n) is 40.4. The smallest absolute Gasteiger partial charge is 0.462 e. The molecular weight excluding hydrogens is 1350 g/mol. The molecule has 0 rings (SSSR count). The van der Waals surface area contributed by atoms with E-state index in [4.69, 9.17) is 37.0 Å². The zero-order valence-electron chi connectivity index (χ0n) is 65.2. The maximum absolute atomic E-state index is 13.1. The average Bonchev–Trinajstić information content (AvgIpc) is 0.913. The highest BCUT2D eigenvalue weighted by Crippen LogP contribution is 2.45. The Hall–Kier alpha value is -4.80. The van der Waals surface area contributed by atoms with Crippen molar-refractivity contribution in [3.63, 3.8) is 0 Å². The lowest BCUT2D eigenvalue weighted by Crippen LogP contribution is -2.30. The van der Waals surface area contributed by atoms with Gasteiger partial charge in [0.15, 0.2) is 12.2 Å².